The number of aromatic nitrogens is 1. The van der Waals surface area contributed by atoms with Crippen LogP contribution in [0.25, 0.3) is 10.9 Å². The minimum absolute atomic E-state index is 0.211. The summed E-state index contributed by atoms with van der Waals surface area (Å²) in [6, 6.07) is 6.20. The van der Waals surface area contributed by atoms with Crippen molar-refractivity contribution in [1.29, 1.82) is 0 Å². The van der Waals surface area contributed by atoms with Gasteiger partial charge in [-0.2, -0.15) is 0 Å². The topological polar surface area (TPSA) is 51.3 Å². The lowest BCUT2D eigenvalue weighted by Gasteiger charge is -2.36. The Kier molecular flexibility index (Phi) is 4.28. The molecule has 0 radical (unpaired) electrons. The van der Waals surface area contributed by atoms with E-state index in [2.05, 4.69) is 40.0 Å². The molecule has 0 saturated heterocycles. The van der Waals surface area contributed by atoms with E-state index in [1.54, 1.807) is 0 Å². The van der Waals surface area contributed by atoms with Crippen molar-refractivity contribution in [3.05, 3.63) is 33.9 Å². The van der Waals surface area contributed by atoms with Gasteiger partial charge in [0.05, 0.1) is 25.3 Å². The molecule has 0 amide bonds. The molecule has 3 rings (SSSR count). The molecule has 0 aliphatic carbocycles. The van der Waals surface area contributed by atoms with Gasteiger partial charge in [0.15, 0.2) is 0 Å². The Labute approximate surface area is 138 Å². The van der Waals surface area contributed by atoms with Crippen molar-refractivity contribution in [2.45, 2.75) is 38.7 Å². The van der Waals surface area contributed by atoms with Crippen LogP contribution in [0, 0.1) is 0 Å². The summed E-state index contributed by atoms with van der Waals surface area (Å²) < 4.78 is 12.3. The van der Waals surface area contributed by atoms with Gasteiger partial charge < -0.3 is 14.5 Å². The Morgan fingerprint density at radius 1 is 1.45 bits per heavy atom. The van der Waals surface area contributed by atoms with Crippen LogP contribution in [0.4, 0.5) is 0 Å². The van der Waals surface area contributed by atoms with Crippen molar-refractivity contribution in [2.75, 3.05) is 13.2 Å². The molecular weight excluding hydrogens is 346 g/mol. The number of nitrogens with one attached hydrogen (secondary N) is 1. The van der Waals surface area contributed by atoms with Crippen molar-refractivity contribution in [3.63, 3.8) is 0 Å². The van der Waals surface area contributed by atoms with E-state index < -0.39 is 5.60 Å². The fourth-order valence-corrected chi connectivity index (χ4v) is 3.64. The van der Waals surface area contributed by atoms with E-state index in [0.29, 0.717) is 13.2 Å². The van der Waals surface area contributed by atoms with Crippen LogP contribution in [0.3, 0.4) is 0 Å². The normalized spacial score (nSPS) is 20.9. The van der Waals surface area contributed by atoms with Crippen molar-refractivity contribution < 1.29 is 14.3 Å². The van der Waals surface area contributed by atoms with Gasteiger partial charge in [0.25, 0.3) is 0 Å². The summed E-state index contributed by atoms with van der Waals surface area (Å²) in [4.78, 5) is 15.5. The molecule has 0 bridgehead atoms. The Bertz CT molecular complexity index is 709. The predicted molar refractivity (Wildman–Crippen MR) is 88.9 cm³/mol. The Morgan fingerprint density at radius 3 is 3.00 bits per heavy atom. The molecule has 1 atom stereocenters. The third-order valence-corrected chi connectivity index (χ3v) is 4.85. The van der Waals surface area contributed by atoms with E-state index in [1.165, 1.54) is 10.9 Å². The third-order valence-electron chi connectivity index (χ3n) is 4.36. The zero-order chi connectivity index (χ0) is 15.7. The van der Waals surface area contributed by atoms with Crippen LogP contribution in [-0.4, -0.2) is 24.2 Å². The fourth-order valence-electron chi connectivity index (χ4n) is 3.28. The van der Waals surface area contributed by atoms with Crippen LogP contribution in [0.2, 0.25) is 0 Å². The molecule has 118 valence electrons. The number of fused-ring (bicyclic) bond motifs is 3. The summed E-state index contributed by atoms with van der Waals surface area (Å²) in [6.07, 6.45) is 1.83. The summed E-state index contributed by atoms with van der Waals surface area (Å²) in [5.74, 6) is -0.211. The standard InChI is InChI=1S/C17H20BrNO3/c1-3-17(10-15(20)21-4-2)16-12(7-8-22-17)13-9-11(18)5-6-14(13)19-16/h5-6,9,19H,3-4,7-8,10H2,1-2H3. The fraction of sp³-hybridized carbons (Fsp3) is 0.471. The van der Waals surface area contributed by atoms with Crippen LogP contribution >= 0.6 is 15.9 Å². The second-order valence-electron chi connectivity index (χ2n) is 5.60. The number of ether oxygens (including phenoxy) is 2. The molecule has 1 unspecified atom stereocenters. The van der Waals surface area contributed by atoms with E-state index >= 15 is 0 Å². The lowest BCUT2D eigenvalue weighted by atomic mass is 9.86. The van der Waals surface area contributed by atoms with Crippen LogP contribution in [-0.2, 0) is 26.3 Å². The van der Waals surface area contributed by atoms with Crippen molar-refractivity contribution in [2.24, 2.45) is 0 Å². The Balaban J connectivity index is 2.09. The predicted octanol–water partition coefficient (Wildman–Crippen LogP) is 4.06. The number of hydrogen-bond acceptors (Lipinski definition) is 3. The van der Waals surface area contributed by atoms with Crippen LogP contribution in [0.15, 0.2) is 22.7 Å². The number of aromatic amines is 1. The zero-order valence-corrected chi connectivity index (χ0v) is 14.5. The first-order chi connectivity index (χ1) is 10.6. The smallest absolute Gasteiger partial charge is 0.309 e. The summed E-state index contributed by atoms with van der Waals surface area (Å²) in [5, 5.41) is 1.20. The van der Waals surface area contributed by atoms with Gasteiger partial charge in [-0.1, -0.05) is 22.9 Å². The minimum atomic E-state index is -0.606. The molecular formula is C17H20BrNO3. The largest absolute Gasteiger partial charge is 0.466 e. The van der Waals surface area contributed by atoms with E-state index in [-0.39, 0.29) is 12.4 Å². The molecule has 1 aliphatic heterocycles. The molecule has 0 spiro atoms. The lowest BCUT2D eigenvalue weighted by Crippen LogP contribution is -2.37. The number of carbonyl (C=O) groups excluding carboxylic acids is 1. The van der Waals surface area contributed by atoms with Gasteiger partial charge in [0.1, 0.15) is 5.60 Å². The molecule has 4 nitrogen and oxygen atoms in total. The molecule has 1 N–H and O–H groups in total. The summed E-state index contributed by atoms with van der Waals surface area (Å²) in [6.45, 7) is 4.89. The Hall–Kier alpha value is -1.33. The third kappa shape index (κ3) is 2.57. The number of H-pyrrole nitrogens is 1. The monoisotopic (exact) mass is 365 g/mol. The summed E-state index contributed by atoms with van der Waals surface area (Å²) >= 11 is 3.53. The average molecular weight is 366 g/mol. The molecule has 2 heterocycles. The molecule has 2 aromatic rings. The molecule has 1 aliphatic rings. The average Bonchev–Trinajstić information content (AvgIpc) is 2.87. The molecule has 22 heavy (non-hydrogen) atoms. The molecule has 1 aromatic heterocycles. The number of rotatable bonds is 4. The molecule has 0 saturated carbocycles. The number of hydrogen-bond donors (Lipinski definition) is 1. The van der Waals surface area contributed by atoms with Crippen LogP contribution in [0.1, 0.15) is 37.9 Å². The van der Waals surface area contributed by atoms with Gasteiger partial charge in [-0.25, -0.2) is 0 Å². The van der Waals surface area contributed by atoms with E-state index in [4.69, 9.17) is 9.47 Å². The SMILES string of the molecule is CCOC(=O)CC1(CC)OCCc2c1[nH]c1ccc(Br)cc21. The lowest BCUT2D eigenvalue weighted by molar-refractivity contribution is -0.154. The van der Waals surface area contributed by atoms with Gasteiger partial charge in [-0.3, -0.25) is 4.79 Å². The highest BCUT2D eigenvalue weighted by atomic mass is 79.9. The maximum Gasteiger partial charge on any atom is 0.309 e. The van der Waals surface area contributed by atoms with Crippen molar-refractivity contribution in [3.8, 4) is 0 Å². The van der Waals surface area contributed by atoms with Gasteiger partial charge in [0, 0.05) is 15.4 Å². The number of benzene rings is 1. The Morgan fingerprint density at radius 2 is 2.27 bits per heavy atom. The number of esters is 1. The highest BCUT2D eigenvalue weighted by Gasteiger charge is 2.41. The first-order valence-electron chi connectivity index (χ1n) is 7.70. The van der Waals surface area contributed by atoms with Crippen LogP contribution < -0.4 is 0 Å². The van der Waals surface area contributed by atoms with Gasteiger partial charge in [0.2, 0.25) is 0 Å². The van der Waals surface area contributed by atoms with Gasteiger partial charge in [-0.15, -0.1) is 0 Å². The minimum Gasteiger partial charge on any atom is -0.466 e. The highest BCUT2D eigenvalue weighted by molar-refractivity contribution is 9.10. The van der Waals surface area contributed by atoms with E-state index in [0.717, 1.165) is 28.5 Å². The molecule has 5 heteroatoms. The second-order valence-corrected chi connectivity index (χ2v) is 6.51. The maximum absolute atomic E-state index is 12.0. The molecule has 1 aromatic carbocycles. The number of carbonyl (C=O) groups is 1. The van der Waals surface area contributed by atoms with Crippen LogP contribution in [0.5, 0.6) is 0 Å². The molecule has 0 fully saturated rings. The zero-order valence-electron chi connectivity index (χ0n) is 12.9. The van der Waals surface area contributed by atoms with E-state index in [9.17, 15) is 4.79 Å². The maximum atomic E-state index is 12.0. The quantitative estimate of drug-likeness (QED) is 0.831. The first kappa shape index (κ1) is 15.6. The van der Waals surface area contributed by atoms with Crippen molar-refractivity contribution >= 4 is 32.8 Å². The first-order valence-corrected chi connectivity index (χ1v) is 8.49. The second kappa shape index (κ2) is 6.05. The van der Waals surface area contributed by atoms with E-state index in [1.807, 2.05) is 13.0 Å². The highest BCUT2D eigenvalue weighted by Crippen LogP contribution is 2.42. The van der Waals surface area contributed by atoms with Gasteiger partial charge in [-0.05, 0) is 43.5 Å². The van der Waals surface area contributed by atoms with Crippen molar-refractivity contribution in [1.82, 2.24) is 4.98 Å². The van der Waals surface area contributed by atoms with Gasteiger partial charge >= 0.3 is 5.97 Å². The number of halogens is 1. The summed E-state index contributed by atoms with van der Waals surface area (Å²) in [5.41, 5.74) is 2.77. The summed E-state index contributed by atoms with van der Waals surface area (Å²) in [7, 11) is 0.